The number of rotatable bonds is 6. The molecule has 2 heterocycles. The SMILES string of the molecule is CCc1nc(CCNC2CCN(c3ccc(F)cc3C)CC2)cs1. The highest BCUT2D eigenvalue weighted by Crippen LogP contribution is 2.24. The molecule has 3 rings (SSSR count). The largest absolute Gasteiger partial charge is 0.371 e. The summed E-state index contributed by atoms with van der Waals surface area (Å²) in [7, 11) is 0. The number of anilines is 1. The summed E-state index contributed by atoms with van der Waals surface area (Å²) in [6.07, 6.45) is 4.30. The fourth-order valence-corrected chi connectivity index (χ4v) is 4.11. The summed E-state index contributed by atoms with van der Waals surface area (Å²) < 4.78 is 13.2. The van der Waals surface area contributed by atoms with Crippen molar-refractivity contribution in [3.8, 4) is 0 Å². The number of nitrogens with zero attached hydrogens (tertiary/aromatic N) is 2. The Hall–Kier alpha value is -1.46. The van der Waals surface area contributed by atoms with Gasteiger partial charge in [0.2, 0.25) is 0 Å². The van der Waals surface area contributed by atoms with Crippen LogP contribution in [0.3, 0.4) is 0 Å². The normalized spacial score (nSPS) is 15.9. The highest BCUT2D eigenvalue weighted by molar-refractivity contribution is 7.09. The predicted octanol–water partition coefficient (Wildman–Crippen LogP) is 3.95. The number of aryl methyl sites for hydroxylation is 2. The summed E-state index contributed by atoms with van der Waals surface area (Å²) in [5.41, 5.74) is 3.41. The molecule has 1 fully saturated rings. The van der Waals surface area contributed by atoms with Crippen molar-refractivity contribution in [3.05, 3.63) is 45.7 Å². The Labute approximate surface area is 147 Å². The minimum atomic E-state index is -0.152. The maximum atomic E-state index is 13.2. The first-order chi connectivity index (χ1) is 11.7. The van der Waals surface area contributed by atoms with E-state index in [2.05, 4.69) is 27.5 Å². The van der Waals surface area contributed by atoms with Crippen LogP contribution in [0.25, 0.3) is 0 Å². The molecule has 24 heavy (non-hydrogen) atoms. The number of benzene rings is 1. The topological polar surface area (TPSA) is 28.2 Å². The van der Waals surface area contributed by atoms with Gasteiger partial charge in [0, 0.05) is 43.2 Å². The summed E-state index contributed by atoms with van der Waals surface area (Å²) in [6, 6.07) is 5.67. The van der Waals surface area contributed by atoms with Crippen molar-refractivity contribution in [1.82, 2.24) is 10.3 Å². The van der Waals surface area contributed by atoms with Gasteiger partial charge in [0.15, 0.2) is 0 Å². The zero-order valence-electron chi connectivity index (χ0n) is 14.5. The van der Waals surface area contributed by atoms with Crippen molar-refractivity contribution in [2.75, 3.05) is 24.5 Å². The summed E-state index contributed by atoms with van der Waals surface area (Å²) in [4.78, 5) is 7.00. The van der Waals surface area contributed by atoms with Crippen LogP contribution in [0.4, 0.5) is 10.1 Å². The van der Waals surface area contributed by atoms with Crippen molar-refractivity contribution >= 4 is 17.0 Å². The molecule has 130 valence electrons. The second kappa shape index (κ2) is 8.08. The first kappa shape index (κ1) is 17.4. The Morgan fingerprint density at radius 2 is 2.12 bits per heavy atom. The molecule has 2 aromatic rings. The number of halogens is 1. The molecule has 0 amide bonds. The number of hydrogen-bond acceptors (Lipinski definition) is 4. The average Bonchev–Trinajstić information content (AvgIpc) is 3.04. The molecule has 0 bridgehead atoms. The molecular formula is C19H26FN3S. The summed E-state index contributed by atoms with van der Waals surface area (Å²) in [6.45, 7) is 7.19. The summed E-state index contributed by atoms with van der Waals surface area (Å²) in [5, 5.41) is 7.08. The minimum Gasteiger partial charge on any atom is -0.371 e. The Balaban J connectivity index is 1.43. The highest BCUT2D eigenvalue weighted by Gasteiger charge is 2.20. The standard InChI is InChI=1S/C19H26FN3S/c1-3-19-22-17(13-24-19)6-9-21-16-7-10-23(11-8-16)18-5-4-15(20)12-14(18)2/h4-5,12-13,16,21H,3,6-11H2,1-2H3. The molecule has 0 spiro atoms. The van der Waals surface area contributed by atoms with Gasteiger partial charge in [0.1, 0.15) is 5.82 Å². The van der Waals surface area contributed by atoms with E-state index in [1.807, 2.05) is 13.0 Å². The molecule has 1 saturated heterocycles. The van der Waals surface area contributed by atoms with E-state index in [-0.39, 0.29) is 5.82 Å². The first-order valence-electron chi connectivity index (χ1n) is 8.83. The van der Waals surface area contributed by atoms with Crippen molar-refractivity contribution in [2.24, 2.45) is 0 Å². The smallest absolute Gasteiger partial charge is 0.123 e. The second-order valence-corrected chi connectivity index (χ2v) is 7.43. The van der Waals surface area contributed by atoms with Crippen LogP contribution in [0.2, 0.25) is 0 Å². The summed E-state index contributed by atoms with van der Waals surface area (Å²) in [5.74, 6) is -0.152. The zero-order valence-corrected chi connectivity index (χ0v) is 15.3. The van der Waals surface area contributed by atoms with Crippen molar-refractivity contribution in [2.45, 2.75) is 45.6 Å². The first-order valence-corrected chi connectivity index (χ1v) is 9.71. The van der Waals surface area contributed by atoms with Crippen LogP contribution < -0.4 is 10.2 Å². The predicted molar refractivity (Wildman–Crippen MR) is 99.6 cm³/mol. The Morgan fingerprint density at radius 3 is 2.79 bits per heavy atom. The van der Waals surface area contributed by atoms with Crippen molar-refractivity contribution < 1.29 is 4.39 Å². The van der Waals surface area contributed by atoms with Gasteiger partial charge < -0.3 is 10.2 Å². The number of hydrogen-bond donors (Lipinski definition) is 1. The van der Waals surface area contributed by atoms with Crippen LogP contribution in [0, 0.1) is 12.7 Å². The van der Waals surface area contributed by atoms with E-state index in [0.717, 1.165) is 50.9 Å². The molecule has 1 aliphatic rings. The van der Waals surface area contributed by atoms with Gasteiger partial charge in [-0.3, -0.25) is 0 Å². The molecule has 1 N–H and O–H groups in total. The zero-order chi connectivity index (χ0) is 16.9. The molecule has 0 unspecified atom stereocenters. The minimum absolute atomic E-state index is 0.152. The third-order valence-electron chi connectivity index (χ3n) is 4.71. The van der Waals surface area contributed by atoms with Crippen LogP contribution in [-0.4, -0.2) is 30.7 Å². The van der Waals surface area contributed by atoms with E-state index in [4.69, 9.17) is 0 Å². The Kier molecular flexibility index (Phi) is 5.85. The van der Waals surface area contributed by atoms with Gasteiger partial charge in [0.05, 0.1) is 10.7 Å². The van der Waals surface area contributed by atoms with Gasteiger partial charge >= 0.3 is 0 Å². The lowest BCUT2D eigenvalue weighted by Crippen LogP contribution is -2.43. The van der Waals surface area contributed by atoms with Gasteiger partial charge in [-0.2, -0.15) is 0 Å². The molecule has 0 radical (unpaired) electrons. The summed E-state index contributed by atoms with van der Waals surface area (Å²) >= 11 is 1.76. The number of thiazole rings is 1. The molecule has 1 aromatic heterocycles. The Morgan fingerprint density at radius 1 is 1.33 bits per heavy atom. The molecule has 5 heteroatoms. The molecule has 0 atom stereocenters. The van der Waals surface area contributed by atoms with Crippen LogP contribution in [0.5, 0.6) is 0 Å². The average molecular weight is 348 g/mol. The van der Waals surface area contributed by atoms with Crippen LogP contribution in [0.15, 0.2) is 23.6 Å². The van der Waals surface area contributed by atoms with Gasteiger partial charge in [-0.05, 0) is 49.9 Å². The van der Waals surface area contributed by atoms with E-state index < -0.39 is 0 Å². The van der Waals surface area contributed by atoms with Crippen LogP contribution in [-0.2, 0) is 12.8 Å². The van der Waals surface area contributed by atoms with Crippen molar-refractivity contribution in [3.63, 3.8) is 0 Å². The van der Waals surface area contributed by atoms with Gasteiger partial charge in [-0.15, -0.1) is 11.3 Å². The second-order valence-electron chi connectivity index (χ2n) is 6.48. The van der Waals surface area contributed by atoms with E-state index in [9.17, 15) is 4.39 Å². The number of piperidine rings is 1. The lowest BCUT2D eigenvalue weighted by atomic mass is 10.0. The fraction of sp³-hybridized carbons (Fsp3) is 0.526. The highest BCUT2D eigenvalue weighted by atomic mass is 32.1. The maximum absolute atomic E-state index is 13.2. The molecule has 1 aromatic carbocycles. The molecule has 0 aliphatic carbocycles. The molecular weight excluding hydrogens is 321 g/mol. The van der Waals surface area contributed by atoms with Crippen LogP contribution >= 0.6 is 11.3 Å². The van der Waals surface area contributed by atoms with Gasteiger partial charge in [0.25, 0.3) is 0 Å². The van der Waals surface area contributed by atoms with E-state index in [1.54, 1.807) is 23.5 Å². The third-order valence-corrected chi connectivity index (χ3v) is 5.75. The monoisotopic (exact) mass is 347 g/mol. The van der Waals surface area contributed by atoms with Gasteiger partial charge in [-0.25, -0.2) is 9.37 Å². The number of nitrogens with one attached hydrogen (secondary N) is 1. The fourth-order valence-electron chi connectivity index (χ4n) is 3.33. The molecule has 1 aliphatic heterocycles. The maximum Gasteiger partial charge on any atom is 0.123 e. The lowest BCUT2D eigenvalue weighted by Gasteiger charge is -2.35. The van der Waals surface area contributed by atoms with E-state index in [0.29, 0.717) is 6.04 Å². The lowest BCUT2D eigenvalue weighted by molar-refractivity contribution is 0.417. The quantitative estimate of drug-likeness (QED) is 0.857. The van der Waals surface area contributed by atoms with E-state index >= 15 is 0 Å². The van der Waals surface area contributed by atoms with Gasteiger partial charge in [-0.1, -0.05) is 6.92 Å². The van der Waals surface area contributed by atoms with Crippen molar-refractivity contribution in [1.29, 1.82) is 0 Å². The third kappa shape index (κ3) is 4.33. The molecule has 3 nitrogen and oxygen atoms in total. The van der Waals surface area contributed by atoms with E-state index in [1.165, 1.54) is 16.4 Å². The molecule has 0 saturated carbocycles. The Bertz CT molecular complexity index is 662. The van der Waals surface area contributed by atoms with Crippen LogP contribution in [0.1, 0.15) is 36.0 Å². The number of aromatic nitrogens is 1.